The first kappa shape index (κ1) is 10.5. The van der Waals surface area contributed by atoms with Crippen LogP contribution in [0.4, 0.5) is 0 Å². The van der Waals surface area contributed by atoms with Crippen LogP contribution in [-0.4, -0.2) is 30.4 Å². The molecule has 0 aliphatic carbocycles. The van der Waals surface area contributed by atoms with E-state index in [1.165, 1.54) is 38.0 Å². The summed E-state index contributed by atoms with van der Waals surface area (Å²) in [6, 6.07) is 2.22. The molecule has 2 heterocycles. The van der Waals surface area contributed by atoms with Crippen molar-refractivity contribution < 1.29 is 0 Å². The van der Waals surface area contributed by atoms with Crippen LogP contribution in [0.25, 0.3) is 0 Å². The number of halogens is 1. The molecule has 1 atom stereocenters. The van der Waals surface area contributed by atoms with Gasteiger partial charge in [-0.15, -0.1) is 11.6 Å². The normalized spacial score (nSPS) is 23.1. The van der Waals surface area contributed by atoms with Crippen molar-refractivity contribution >= 4 is 22.9 Å². The molecule has 1 aromatic rings. The van der Waals surface area contributed by atoms with Gasteiger partial charge in [-0.3, -0.25) is 0 Å². The lowest BCUT2D eigenvalue weighted by molar-refractivity contribution is 0.333. The van der Waals surface area contributed by atoms with E-state index in [-0.39, 0.29) is 0 Å². The lowest BCUT2D eigenvalue weighted by atomic mass is 10.2. The maximum absolute atomic E-state index is 5.85. The van der Waals surface area contributed by atoms with Crippen molar-refractivity contribution in [2.75, 3.05) is 25.5 Å². The first-order valence-electron chi connectivity index (χ1n) is 5.18. The topological polar surface area (TPSA) is 3.24 Å². The molecule has 0 spiro atoms. The number of hydrogen-bond acceptors (Lipinski definition) is 2. The van der Waals surface area contributed by atoms with Crippen molar-refractivity contribution in [3.05, 3.63) is 22.4 Å². The molecule has 14 heavy (non-hydrogen) atoms. The fraction of sp³-hybridized carbons (Fsp3) is 0.636. The van der Waals surface area contributed by atoms with Crippen molar-refractivity contribution in [1.82, 2.24) is 4.90 Å². The number of likely N-dealkylation sites (tertiary alicyclic amines) is 1. The molecular formula is C11H16ClNS. The fourth-order valence-corrected chi connectivity index (χ4v) is 2.92. The summed E-state index contributed by atoms with van der Waals surface area (Å²) >= 11 is 7.64. The number of rotatable bonds is 4. The zero-order chi connectivity index (χ0) is 9.80. The second kappa shape index (κ2) is 5.15. The summed E-state index contributed by atoms with van der Waals surface area (Å²) in [5.41, 5.74) is 1.48. The smallest absolute Gasteiger partial charge is 0.0264 e. The van der Waals surface area contributed by atoms with Gasteiger partial charge in [0.1, 0.15) is 0 Å². The quantitative estimate of drug-likeness (QED) is 0.718. The SMILES string of the molecule is ClCC1CCN(CCc2ccsc2)C1. The van der Waals surface area contributed by atoms with Gasteiger partial charge in [-0.2, -0.15) is 11.3 Å². The Morgan fingerprint density at radius 1 is 1.57 bits per heavy atom. The van der Waals surface area contributed by atoms with Crippen molar-refractivity contribution in [2.24, 2.45) is 5.92 Å². The molecular weight excluding hydrogens is 214 g/mol. The van der Waals surface area contributed by atoms with Gasteiger partial charge < -0.3 is 4.90 Å². The average Bonchev–Trinajstić information content (AvgIpc) is 2.86. The Morgan fingerprint density at radius 2 is 2.50 bits per heavy atom. The Labute approximate surface area is 94.7 Å². The van der Waals surface area contributed by atoms with Crippen LogP contribution in [0.1, 0.15) is 12.0 Å². The predicted octanol–water partition coefficient (Wildman–Crippen LogP) is 2.85. The minimum Gasteiger partial charge on any atom is -0.303 e. The first-order valence-corrected chi connectivity index (χ1v) is 6.65. The second-order valence-corrected chi connectivity index (χ2v) is 5.08. The van der Waals surface area contributed by atoms with E-state index in [1.807, 2.05) is 0 Å². The molecule has 1 unspecified atom stereocenters. The summed E-state index contributed by atoms with van der Waals surface area (Å²) in [5.74, 6) is 1.56. The third-order valence-corrected chi connectivity index (χ3v) is 4.05. The van der Waals surface area contributed by atoms with Crippen LogP contribution in [0.2, 0.25) is 0 Å². The average molecular weight is 230 g/mol. The van der Waals surface area contributed by atoms with Crippen LogP contribution in [0.15, 0.2) is 16.8 Å². The summed E-state index contributed by atoms with van der Waals surface area (Å²) in [7, 11) is 0. The highest BCUT2D eigenvalue weighted by Crippen LogP contribution is 2.18. The van der Waals surface area contributed by atoms with E-state index < -0.39 is 0 Å². The molecule has 0 aromatic carbocycles. The summed E-state index contributed by atoms with van der Waals surface area (Å²) < 4.78 is 0. The third kappa shape index (κ3) is 2.72. The molecule has 0 amide bonds. The van der Waals surface area contributed by atoms with E-state index >= 15 is 0 Å². The Morgan fingerprint density at radius 3 is 3.14 bits per heavy atom. The van der Waals surface area contributed by atoms with Crippen LogP contribution in [0.5, 0.6) is 0 Å². The molecule has 0 N–H and O–H groups in total. The molecule has 3 heteroatoms. The van der Waals surface area contributed by atoms with Crippen LogP contribution < -0.4 is 0 Å². The van der Waals surface area contributed by atoms with Gasteiger partial charge in [0.2, 0.25) is 0 Å². The molecule has 0 radical (unpaired) electrons. The van der Waals surface area contributed by atoms with Gasteiger partial charge >= 0.3 is 0 Å². The van der Waals surface area contributed by atoms with E-state index in [9.17, 15) is 0 Å². The van der Waals surface area contributed by atoms with Gasteiger partial charge in [-0.05, 0) is 47.7 Å². The van der Waals surface area contributed by atoms with Gasteiger partial charge in [-0.25, -0.2) is 0 Å². The number of thiophene rings is 1. The van der Waals surface area contributed by atoms with Gasteiger partial charge in [0.05, 0.1) is 0 Å². The van der Waals surface area contributed by atoms with E-state index in [2.05, 4.69) is 21.7 Å². The minimum absolute atomic E-state index is 0.735. The largest absolute Gasteiger partial charge is 0.303 e. The van der Waals surface area contributed by atoms with Gasteiger partial charge in [0.15, 0.2) is 0 Å². The second-order valence-electron chi connectivity index (χ2n) is 3.99. The highest BCUT2D eigenvalue weighted by molar-refractivity contribution is 7.07. The van der Waals surface area contributed by atoms with Gasteiger partial charge in [0, 0.05) is 19.0 Å². The van der Waals surface area contributed by atoms with Crippen molar-refractivity contribution in [3.63, 3.8) is 0 Å². The summed E-state index contributed by atoms with van der Waals surface area (Å²) in [6.07, 6.45) is 2.48. The first-order chi connectivity index (χ1) is 6.88. The molecule has 0 saturated carbocycles. The lowest BCUT2D eigenvalue weighted by Gasteiger charge is -2.14. The molecule has 1 aromatic heterocycles. The molecule has 78 valence electrons. The predicted molar refractivity (Wildman–Crippen MR) is 63.3 cm³/mol. The molecule has 1 saturated heterocycles. The third-order valence-electron chi connectivity index (χ3n) is 2.88. The number of hydrogen-bond donors (Lipinski definition) is 0. The highest BCUT2D eigenvalue weighted by atomic mass is 35.5. The molecule has 2 rings (SSSR count). The van der Waals surface area contributed by atoms with E-state index in [1.54, 1.807) is 11.3 Å². The Bertz CT molecular complexity index is 260. The molecule has 0 bridgehead atoms. The number of nitrogens with zero attached hydrogens (tertiary/aromatic N) is 1. The minimum atomic E-state index is 0.735. The number of alkyl halides is 1. The molecule has 1 fully saturated rings. The van der Waals surface area contributed by atoms with E-state index in [0.29, 0.717) is 0 Å². The van der Waals surface area contributed by atoms with Crippen LogP contribution in [0.3, 0.4) is 0 Å². The monoisotopic (exact) mass is 229 g/mol. The van der Waals surface area contributed by atoms with Crippen molar-refractivity contribution in [1.29, 1.82) is 0 Å². The molecule has 1 aliphatic rings. The molecule has 1 aliphatic heterocycles. The standard InChI is InChI=1S/C11H16ClNS/c12-7-11-2-5-13(8-11)4-1-10-3-6-14-9-10/h3,6,9,11H,1-2,4-5,7-8H2. The maximum atomic E-state index is 5.85. The summed E-state index contributed by atoms with van der Waals surface area (Å²) in [4.78, 5) is 2.53. The van der Waals surface area contributed by atoms with Crippen LogP contribution in [-0.2, 0) is 6.42 Å². The maximum Gasteiger partial charge on any atom is 0.0264 e. The van der Waals surface area contributed by atoms with Crippen LogP contribution >= 0.6 is 22.9 Å². The van der Waals surface area contributed by atoms with Crippen molar-refractivity contribution in [2.45, 2.75) is 12.8 Å². The lowest BCUT2D eigenvalue weighted by Crippen LogP contribution is -2.23. The Hall–Kier alpha value is -0.0500. The zero-order valence-electron chi connectivity index (χ0n) is 8.29. The van der Waals surface area contributed by atoms with E-state index in [0.717, 1.165) is 11.8 Å². The fourth-order valence-electron chi connectivity index (χ4n) is 1.96. The highest BCUT2D eigenvalue weighted by Gasteiger charge is 2.20. The van der Waals surface area contributed by atoms with Gasteiger partial charge in [-0.1, -0.05) is 0 Å². The van der Waals surface area contributed by atoms with E-state index in [4.69, 9.17) is 11.6 Å². The zero-order valence-corrected chi connectivity index (χ0v) is 9.86. The molecule has 1 nitrogen and oxygen atoms in total. The van der Waals surface area contributed by atoms with Crippen molar-refractivity contribution in [3.8, 4) is 0 Å². The Kier molecular flexibility index (Phi) is 3.85. The summed E-state index contributed by atoms with van der Waals surface area (Å²) in [6.45, 7) is 3.64. The summed E-state index contributed by atoms with van der Waals surface area (Å²) in [5, 5.41) is 4.40. The van der Waals surface area contributed by atoms with Crippen LogP contribution in [0, 0.1) is 5.92 Å². The Balaban J connectivity index is 1.72. The van der Waals surface area contributed by atoms with Gasteiger partial charge in [0.25, 0.3) is 0 Å².